The summed E-state index contributed by atoms with van der Waals surface area (Å²) in [6, 6.07) is 14.1. The average Bonchev–Trinajstić information content (AvgIpc) is 2.84. The van der Waals surface area contributed by atoms with Gasteiger partial charge in [-0.15, -0.1) is 10.2 Å². The van der Waals surface area contributed by atoms with Crippen molar-refractivity contribution < 1.29 is 4.74 Å². The molecular weight excluding hydrogens is 470 g/mol. The molecule has 4 heterocycles. The van der Waals surface area contributed by atoms with Gasteiger partial charge < -0.3 is 15.4 Å². The molecule has 3 aromatic heterocycles. The van der Waals surface area contributed by atoms with Crippen molar-refractivity contribution in [1.82, 2.24) is 25.1 Å². The van der Waals surface area contributed by atoms with Crippen LogP contribution >= 0.6 is 15.9 Å². The van der Waals surface area contributed by atoms with Gasteiger partial charge in [-0.25, -0.2) is 15.0 Å². The fourth-order valence-electron chi connectivity index (χ4n) is 4.01. The van der Waals surface area contributed by atoms with E-state index in [-0.39, 0.29) is 5.92 Å². The predicted molar refractivity (Wildman–Crippen MR) is 127 cm³/mol. The molecule has 1 aliphatic rings. The smallest absolute Gasteiger partial charge is 0.165 e. The predicted octanol–water partition coefficient (Wildman–Crippen LogP) is 3.81. The second-order valence-corrected chi connectivity index (χ2v) is 8.53. The highest BCUT2D eigenvalue weighted by atomic mass is 79.9. The summed E-state index contributed by atoms with van der Waals surface area (Å²) in [5.41, 5.74) is 10.3. The number of nitrogen functional groups attached to an aromatic ring is 1. The third kappa shape index (κ3) is 3.89. The summed E-state index contributed by atoms with van der Waals surface area (Å²) in [6.45, 7) is 5.16. The van der Waals surface area contributed by atoms with Crippen molar-refractivity contribution in [3.05, 3.63) is 64.4 Å². The number of fused-ring (bicyclic) bond motifs is 1. The molecule has 1 fully saturated rings. The van der Waals surface area contributed by atoms with Gasteiger partial charge in [-0.2, -0.15) is 0 Å². The lowest BCUT2D eigenvalue weighted by atomic mass is 9.90. The molecule has 1 unspecified atom stereocenters. The van der Waals surface area contributed by atoms with Crippen LogP contribution in [-0.4, -0.2) is 51.5 Å². The van der Waals surface area contributed by atoms with E-state index in [1.807, 2.05) is 36.4 Å². The summed E-state index contributed by atoms with van der Waals surface area (Å²) in [4.78, 5) is 15.5. The Bertz CT molecular complexity index is 1260. The van der Waals surface area contributed by atoms with Crippen molar-refractivity contribution in [2.45, 2.75) is 12.8 Å². The zero-order valence-electron chi connectivity index (χ0n) is 17.6. The largest absolute Gasteiger partial charge is 0.383 e. The van der Waals surface area contributed by atoms with Crippen LogP contribution in [0.25, 0.3) is 22.4 Å². The Kier molecular flexibility index (Phi) is 5.67. The quantitative estimate of drug-likeness (QED) is 0.459. The summed E-state index contributed by atoms with van der Waals surface area (Å²) in [6.07, 6.45) is 1.44. The second-order valence-electron chi connectivity index (χ2n) is 7.67. The van der Waals surface area contributed by atoms with E-state index in [0.29, 0.717) is 36.1 Å². The van der Waals surface area contributed by atoms with Crippen LogP contribution in [0.15, 0.2) is 53.3 Å². The fourth-order valence-corrected chi connectivity index (χ4v) is 4.63. The van der Waals surface area contributed by atoms with Crippen molar-refractivity contribution in [3.8, 4) is 11.4 Å². The average molecular weight is 492 g/mol. The highest BCUT2D eigenvalue weighted by Gasteiger charge is 2.20. The fraction of sp³-hybridized carbons (Fsp3) is 0.261. The van der Waals surface area contributed by atoms with Crippen LogP contribution in [0.3, 0.4) is 0 Å². The topological polar surface area (TPSA) is 103 Å². The number of ether oxygens (including phenoxy) is 1. The molecule has 0 radical (unpaired) electrons. The first kappa shape index (κ1) is 20.7. The van der Waals surface area contributed by atoms with E-state index in [2.05, 4.69) is 54.0 Å². The minimum atomic E-state index is 0.0312. The van der Waals surface area contributed by atoms with Crippen LogP contribution in [0.2, 0.25) is 0 Å². The Hall–Kier alpha value is -3.17. The number of rotatable bonds is 4. The number of halogens is 1. The van der Waals surface area contributed by atoms with E-state index in [1.165, 1.54) is 6.33 Å². The number of aromatic nitrogens is 5. The zero-order valence-corrected chi connectivity index (χ0v) is 19.2. The summed E-state index contributed by atoms with van der Waals surface area (Å²) in [5.74, 6) is 1.28. The minimum Gasteiger partial charge on any atom is -0.383 e. The first-order chi connectivity index (χ1) is 15.6. The van der Waals surface area contributed by atoms with E-state index in [9.17, 15) is 0 Å². The molecule has 0 saturated carbocycles. The molecule has 2 N–H and O–H groups in total. The third-order valence-electron chi connectivity index (χ3n) is 5.75. The lowest BCUT2D eigenvalue weighted by Crippen LogP contribution is -2.36. The SMILES string of the molecule is CC(c1ccccc1Br)c1cc(-c2ccc(N3CCOCC3)nn2)nc2ncnc(N)c12. The van der Waals surface area contributed by atoms with Crippen molar-refractivity contribution in [3.63, 3.8) is 0 Å². The van der Waals surface area contributed by atoms with Gasteiger partial charge in [0.05, 0.1) is 24.3 Å². The molecule has 0 spiro atoms. The van der Waals surface area contributed by atoms with E-state index >= 15 is 0 Å². The maximum atomic E-state index is 6.26. The Morgan fingerprint density at radius 2 is 1.81 bits per heavy atom. The van der Waals surface area contributed by atoms with Crippen molar-refractivity contribution in [2.75, 3.05) is 36.9 Å². The van der Waals surface area contributed by atoms with Crippen LogP contribution in [0.5, 0.6) is 0 Å². The molecule has 162 valence electrons. The van der Waals surface area contributed by atoms with Crippen LogP contribution < -0.4 is 10.6 Å². The zero-order chi connectivity index (χ0) is 22.1. The number of hydrogen-bond acceptors (Lipinski definition) is 8. The third-order valence-corrected chi connectivity index (χ3v) is 6.47. The Balaban J connectivity index is 1.60. The highest BCUT2D eigenvalue weighted by Crippen LogP contribution is 2.36. The first-order valence-electron chi connectivity index (χ1n) is 10.4. The summed E-state index contributed by atoms with van der Waals surface area (Å²) in [7, 11) is 0. The standard InChI is InChI=1S/C23H22BrN7O/c1-14(15-4-2-3-5-17(15)24)16-12-19(28-23-21(16)22(25)26-13-27-23)18-6-7-20(30-29-18)31-8-10-32-11-9-31/h2-7,12-14H,8-11H2,1H3,(H2,25,26,27,28). The van der Waals surface area contributed by atoms with Crippen molar-refractivity contribution >= 4 is 38.6 Å². The van der Waals surface area contributed by atoms with Gasteiger partial charge in [0.25, 0.3) is 0 Å². The summed E-state index contributed by atoms with van der Waals surface area (Å²) in [5, 5.41) is 9.67. The van der Waals surface area contributed by atoms with Gasteiger partial charge in [0.2, 0.25) is 0 Å². The van der Waals surface area contributed by atoms with Gasteiger partial charge in [0.1, 0.15) is 17.8 Å². The lowest BCUT2D eigenvalue weighted by molar-refractivity contribution is 0.122. The van der Waals surface area contributed by atoms with Crippen LogP contribution in [0, 0.1) is 0 Å². The van der Waals surface area contributed by atoms with Gasteiger partial charge in [-0.1, -0.05) is 41.1 Å². The van der Waals surface area contributed by atoms with Crippen LogP contribution in [-0.2, 0) is 4.74 Å². The first-order valence-corrected chi connectivity index (χ1v) is 11.2. The van der Waals surface area contributed by atoms with E-state index in [1.54, 1.807) is 0 Å². The van der Waals surface area contributed by atoms with Crippen LogP contribution in [0.4, 0.5) is 11.6 Å². The number of pyridine rings is 1. The van der Waals surface area contributed by atoms with Gasteiger partial charge in [0.15, 0.2) is 11.5 Å². The maximum absolute atomic E-state index is 6.26. The number of morpholine rings is 1. The van der Waals surface area contributed by atoms with Gasteiger partial charge in [-0.3, -0.25) is 0 Å². The maximum Gasteiger partial charge on any atom is 0.165 e. The van der Waals surface area contributed by atoms with Gasteiger partial charge >= 0.3 is 0 Å². The van der Waals surface area contributed by atoms with E-state index in [4.69, 9.17) is 15.5 Å². The number of nitrogens with zero attached hydrogens (tertiary/aromatic N) is 6. The number of benzene rings is 1. The Morgan fingerprint density at radius 3 is 2.56 bits per heavy atom. The molecule has 0 aliphatic carbocycles. The van der Waals surface area contributed by atoms with Gasteiger partial charge in [0, 0.05) is 23.5 Å². The molecule has 32 heavy (non-hydrogen) atoms. The molecule has 9 heteroatoms. The number of anilines is 2. The molecule has 5 rings (SSSR count). The summed E-state index contributed by atoms with van der Waals surface area (Å²) < 4.78 is 6.45. The lowest BCUT2D eigenvalue weighted by Gasteiger charge is -2.27. The Labute approximate surface area is 194 Å². The minimum absolute atomic E-state index is 0.0312. The molecule has 1 atom stereocenters. The molecule has 4 aromatic rings. The van der Waals surface area contributed by atoms with E-state index in [0.717, 1.165) is 39.9 Å². The normalized spacial score (nSPS) is 15.1. The monoisotopic (exact) mass is 491 g/mol. The molecule has 8 nitrogen and oxygen atoms in total. The van der Waals surface area contributed by atoms with Crippen molar-refractivity contribution in [2.24, 2.45) is 0 Å². The van der Waals surface area contributed by atoms with E-state index < -0.39 is 0 Å². The number of nitrogens with two attached hydrogens (primary N) is 1. The van der Waals surface area contributed by atoms with Crippen molar-refractivity contribution in [1.29, 1.82) is 0 Å². The molecule has 0 bridgehead atoms. The van der Waals surface area contributed by atoms with Crippen LogP contribution in [0.1, 0.15) is 24.0 Å². The summed E-state index contributed by atoms with van der Waals surface area (Å²) >= 11 is 3.67. The molecular formula is C23H22BrN7O. The van der Waals surface area contributed by atoms with Gasteiger partial charge in [-0.05, 0) is 35.4 Å². The molecule has 1 aromatic carbocycles. The molecule has 1 saturated heterocycles. The second kappa shape index (κ2) is 8.76. The molecule has 1 aliphatic heterocycles. The highest BCUT2D eigenvalue weighted by molar-refractivity contribution is 9.10. The Morgan fingerprint density at radius 1 is 1.00 bits per heavy atom. The number of hydrogen-bond donors (Lipinski definition) is 1. The molecule has 0 amide bonds.